The van der Waals surface area contributed by atoms with E-state index >= 15 is 0 Å². The molecule has 0 spiro atoms. The van der Waals surface area contributed by atoms with Gasteiger partial charge in [-0.2, -0.15) is 0 Å². The standard InChI is InChI=1S/C10H14FNO/c1-7-3-4-8(11)5-9(7)10(13)6-12-2/h3-5,10,12-13H,6H2,1-2H3. The Bertz CT molecular complexity index is 288. The van der Waals surface area contributed by atoms with E-state index in [1.165, 1.54) is 12.1 Å². The molecule has 2 N–H and O–H groups in total. The van der Waals surface area contributed by atoms with Crippen LogP contribution in [0.1, 0.15) is 17.2 Å². The zero-order valence-corrected chi connectivity index (χ0v) is 7.84. The van der Waals surface area contributed by atoms with Gasteiger partial charge in [0.05, 0.1) is 6.10 Å². The summed E-state index contributed by atoms with van der Waals surface area (Å²) in [5, 5.41) is 12.4. The van der Waals surface area contributed by atoms with Crippen molar-refractivity contribution in [2.75, 3.05) is 13.6 Å². The second-order valence-electron chi connectivity index (χ2n) is 3.07. The minimum atomic E-state index is -0.638. The molecular weight excluding hydrogens is 169 g/mol. The van der Waals surface area contributed by atoms with Crippen molar-refractivity contribution in [1.29, 1.82) is 0 Å². The molecule has 1 aromatic rings. The second-order valence-corrected chi connectivity index (χ2v) is 3.07. The first-order valence-electron chi connectivity index (χ1n) is 4.24. The molecule has 0 aliphatic rings. The van der Waals surface area contributed by atoms with Crippen molar-refractivity contribution in [2.45, 2.75) is 13.0 Å². The largest absolute Gasteiger partial charge is 0.387 e. The van der Waals surface area contributed by atoms with Crippen molar-refractivity contribution in [3.63, 3.8) is 0 Å². The molecule has 1 unspecified atom stereocenters. The molecule has 13 heavy (non-hydrogen) atoms. The van der Waals surface area contributed by atoms with E-state index in [0.29, 0.717) is 12.1 Å². The van der Waals surface area contributed by atoms with Gasteiger partial charge in [-0.3, -0.25) is 0 Å². The molecule has 1 atom stereocenters. The molecule has 0 bridgehead atoms. The maximum Gasteiger partial charge on any atom is 0.123 e. The SMILES string of the molecule is CNCC(O)c1cc(F)ccc1C. The molecule has 0 radical (unpaired) electrons. The number of aliphatic hydroxyl groups excluding tert-OH is 1. The van der Waals surface area contributed by atoms with Crippen LogP contribution in [-0.4, -0.2) is 18.7 Å². The number of likely N-dealkylation sites (N-methyl/N-ethyl adjacent to an activating group) is 1. The molecule has 0 fully saturated rings. The molecule has 0 saturated heterocycles. The predicted octanol–water partition coefficient (Wildman–Crippen LogP) is 1.39. The molecule has 72 valence electrons. The Morgan fingerprint density at radius 2 is 2.23 bits per heavy atom. The normalized spacial score (nSPS) is 12.9. The third-order valence-electron chi connectivity index (χ3n) is 2.00. The summed E-state index contributed by atoms with van der Waals surface area (Å²) in [5.41, 5.74) is 1.55. The summed E-state index contributed by atoms with van der Waals surface area (Å²) in [4.78, 5) is 0. The molecule has 0 heterocycles. The molecule has 1 aromatic carbocycles. The Morgan fingerprint density at radius 1 is 1.54 bits per heavy atom. The highest BCUT2D eigenvalue weighted by Gasteiger charge is 2.09. The van der Waals surface area contributed by atoms with E-state index in [9.17, 15) is 9.50 Å². The average molecular weight is 183 g/mol. The number of nitrogens with one attached hydrogen (secondary N) is 1. The summed E-state index contributed by atoms with van der Waals surface area (Å²) < 4.78 is 12.8. The maximum absolute atomic E-state index is 12.8. The van der Waals surface area contributed by atoms with Crippen molar-refractivity contribution in [3.8, 4) is 0 Å². The number of halogens is 1. The number of hydrogen-bond donors (Lipinski definition) is 2. The Morgan fingerprint density at radius 3 is 2.85 bits per heavy atom. The van der Waals surface area contributed by atoms with Gasteiger partial charge in [-0.05, 0) is 37.2 Å². The van der Waals surface area contributed by atoms with Gasteiger partial charge in [0.1, 0.15) is 5.82 Å². The highest BCUT2D eigenvalue weighted by molar-refractivity contribution is 5.28. The Hall–Kier alpha value is -0.930. The predicted molar refractivity (Wildman–Crippen MR) is 50.0 cm³/mol. The van der Waals surface area contributed by atoms with Crippen LogP contribution in [0.15, 0.2) is 18.2 Å². The van der Waals surface area contributed by atoms with Crippen LogP contribution in [0.5, 0.6) is 0 Å². The lowest BCUT2D eigenvalue weighted by Crippen LogP contribution is -2.17. The minimum absolute atomic E-state index is 0.309. The molecule has 0 saturated carbocycles. The Balaban J connectivity index is 2.91. The third-order valence-corrected chi connectivity index (χ3v) is 2.00. The van der Waals surface area contributed by atoms with Gasteiger partial charge in [0, 0.05) is 6.54 Å². The van der Waals surface area contributed by atoms with Gasteiger partial charge in [-0.1, -0.05) is 6.07 Å². The fraction of sp³-hybridized carbons (Fsp3) is 0.400. The van der Waals surface area contributed by atoms with Crippen LogP contribution in [0.4, 0.5) is 4.39 Å². The first kappa shape index (κ1) is 10.2. The Labute approximate surface area is 77.4 Å². The number of aliphatic hydroxyl groups is 1. The number of benzene rings is 1. The maximum atomic E-state index is 12.8. The van der Waals surface area contributed by atoms with Gasteiger partial charge in [0.2, 0.25) is 0 Å². The van der Waals surface area contributed by atoms with Gasteiger partial charge < -0.3 is 10.4 Å². The zero-order chi connectivity index (χ0) is 9.84. The monoisotopic (exact) mass is 183 g/mol. The fourth-order valence-corrected chi connectivity index (χ4v) is 1.27. The van der Waals surface area contributed by atoms with Gasteiger partial charge >= 0.3 is 0 Å². The first-order chi connectivity index (χ1) is 6.15. The fourth-order valence-electron chi connectivity index (χ4n) is 1.27. The van der Waals surface area contributed by atoms with E-state index in [2.05, 4.69) is 5.32 Å². The van der Waals surface area contributed by atoms with Crippen molar-refractivity contribution >= 4 is 0 Å². The average Bonchev–Trinajstić information content (AvgIpc) is 2.09. The van der Waals surface area contributed by atoms with Crippen LogP contribution < -0.4 is 5.32 Å². The van der Waals surface area contributed by atoms with Crippen LogP contribution in [-0.2, 0) is 0 Å². The smallest absolute Gasteiger partial charge is 0.123 e. The molecule has 0 aromatic heterocycles. The van der Waals surface area contributed by atoms with Crippen LogP contribution in [0.2, 0.25) is 0 Å². The lowest BCUT2D eigenvalue weighted by molar-refractivity contribution is 0.176. The van der Waals surface area contributed by atoms with E-state index in [0.717, 1.165) is 5.56 Å². The van der Waals surface area contributed by atoms with Crippen LogP contribution in [0, 0.1) is 12.7 Å². The van der Waals surface area contributed by atoms with E-state index < -0.39 is 6.10 Å². The van der Waals surface area contributed by atoms with Crippen molar-refractivity contribution < 1.29 is 9.50 Å². The lowest BCUT2D eigenvalue weighted by Gasteiger charge is -2.12. The zero-order valence-electron chi connectivity index (χ0n) is 7.84. The number of hydrogen-bond acceptors (Lipinski definition) is 2. The second kappa shape index (κ2) is 4.35. The van der Waals surface area contributed by atoms with Crippen LogP contribution >= 0.6 is 0 Å². The Kier molecular flexibility index (Phi) is 3.39. The minimum Gasteiger partial charge on any atom is -0.387 e. The molecular formula is C10H14FNO. The molecule has 1 rings (SSSR count). The molecule has 0 amide bonds. The van der Waals surface area contributed by atoms with E-state index in [-0.39, 0.29) is 5.82 Å². The van der Waals surface area contributed by atoms with Crippen molar-refractivity contribution in [2.24, 2.45) is 0 Å². The van der Waals surface area contributed by atoms with Crippen LogP contribution in [0.3, 0.4) is 0 Å². The summed E-state index contributed by atoms with van der Waals surface area (Å²) in [5.74, 6) is -0.309. The topological polar surface area (TPSA) is 32.3 Å². The van der Waals surface area contributed by atoms with E-state index in [1.807, 2.05) is 6.92 Å². The summed E-state index contributed by atoms with van der Waals surface area (Å²) in [6, 6.07) is 4.44. The van der Waals surface area contributed by atoms with Gasteiger partial charge in [0.15, 0.2) is 0 Å². The van der Waals surface area contributed by atoms with Gasteiger partial charge in [-0.15, -0.1) is 0 Å². The quantitative estimate of drug-likeness (QED) is 0.742. The molecule has 2 nitrogen and oxygen atoms in total. The van der Waals surface area contributed by atoms with Crippen molar-refractivity contribution in [1.82, 2.24) is 5.32 Å². The number of aryl methyl sites for hydroxylation is 1. The highest BCUT2D eigenvalue weighted by atomic mass is 19.1. The number of rotatable bonds is 3. The molecule has 0 aliphatic carbocycles. The van der Waals surface area contributed by atoms with Gasteiger partial charge in [-0.25, -0.2) is 4.39 Å². The molecule has 0 aliphatic heterocycles. The summed E-state index contributed by atoms with van der Waals surface area (Å²) in [7, 11) is 1.75. The summed E-state index contributed by atoms with van der Waals surface area (Å²) >= 11 is 0. The summed E-state index contributed by atoms with van der Waals surface area (Å²) in [6.07, 6.45) is -0.638. The van der Waals surface area contributed by atoms with Gasteiger partial charge in [0.25, 0.3) is 0 Å². The third kappa shape index (κ3) is 2.50. The van der Waals surface area contributed by atoms with Crippen LogP contribution in [0.25, 0.3) is 0 Å². The van der Waals surface area contributed by atoms with E-state index in [1.54, 1.807) is 13.1 Å². The van der Waals surface area contributed by atoms with E-state index in [4.69, 9.17) is 0 Å². The first-order valence-corrected chi connectivity index (χ1v) is 4.24. The summed E-state index contributed by atoms with van der Waals surface area (Å²) in [6.45, 7) is 2.29. The lowest BCUT2D eigenvalue weighted by atomic mass is 10.0. The molecule has 3 heteroatoms. The van der Waals surface area contributed by atoms with Crippen molar-refractivity contribution in [3.05, 3.63) is 35.1 Å². The highest BCUT2D eigenvalue weighted by Crippen LogP contribution is 2.17.